The highest BCUT2D eigenvalue weighted by molar-refractivity contribution is 7.47. The molecule has 0 aliphatic carbocycles. The number of aliphatic carboxylic acids is 1. The number of unbranched alkanes of at least 4 members (excludes halogenated alkanes) is 21. The van der Waals surface area contributed by atoms with Crippen LogP contribution in [0.15, 0.2) is 36.5 Å². The van der Waals surface area contributed by atoms with Crippen molar-refractivity contribution in [3.8, 4) is 0 Å². The van der Waals surface area contributed by atoms with Crippen LogP contribution >= 0.6 is 7.82 Å². The Morgan fingerprint density at radius 1 is 0.607 bits per heavy atom. The molecule has 5 atom stereocenters. The molecule has 0 amide bonds. The average molecular weight is 884 g/mol. The van der Waals surface area contributed by atoms with Crippen LogP contribution in [-0.4, -0.2) is 72.1 Å². The summed E-state index contributed by atoms with van der Waals surface area (Å²) in [6.45, 7) is 2.73. The van der Waals surface area contributed by atoms with E-state index in [1.54, 1.807) is 0 Å². The van der Waals surface area contributed by atoms with Gasteiger partial charge in [0, 0.05) is 12.8 Å². The number of hydrogen-bond acceptors (Lipinski definition) is 10. The number of ether oxygens (including phenoxy) is 3. The highest BCUT2D eigenvalue weighted by Crippen LogP contribution is 2.43. The van der Waals surface area contributed by atoms with Crippen molar-refractivity contribution in [1.29, 1.82) is 0 Å². The molecule has 1 saturated heterocycles. The molecule has 1 aliphatic rings. The minimum atomic E-state index is -4.74. The maximum atomic E-state index is 12.7. The maximum absolute atomic E-state index is 12.7. The molecule has 1 fully saturated rings. The zero-order chi connectivity index (χ0) is 44.7. The molecule has 0 aromatic carbocycles. The molecule has 13 heteroatoms. The highest BCUT2D eigenvalue weighted by Gasteiger charge is 2.37. The van der Waals surface area contributed by atoms with Gasteiger partial charge in [0.25, 0.3) is 0 Å². The lowest BCUT2D eigenvalue weighted by molar-refractivity contribution is -0.161. The third-order valence-corrected chi connectivity index (χ3v) is 11.8. The van der Waals surface area contributed by atoms with Gasteiger partial charge in [-0.25, -0.2) is 4.57 Å². The summed E-state index contributed by atoms with van der Waals surface area (Å²) in [5, 5.41) is 8.92. The van der Waals surface area contributed by atoms with Gasteiger partial charge in [0.2, 0.25) is 0 Å². The summed E-state index contributed by atoms with van der Waals surface area (Å²) in [5.41, 5.74) is 5.35. The third kappa shape index (κ3) is 36.8. The van der Waals surface area contributed by atoms with Crippen molar-refractivity contribution in [2.45, 2.75) is 231 Å². The molecule has 61 heavy (non-hydrogen) atoms. The van der Waals surface area contributed by atoms with Crippen molar-refractivity contribution in [3.05, 3.63) is 36.5 Å². The van der Waals surface area contributed by atoms with Crippen LogP contribution in [0.3, 0.4) is 0 Å². The summed E-state index contributed by atoms with van der Waals surface area (Å²) < 4.78 is 38.6. The van der Waals surface area contributed by atoms with Gasteiger partial charge in [-0.3, -0.25) is 23.4 Å². The second kappa shape index (κ2) is 39.3. The first-order valence-electron chi connectivity index (χ1n) is 24.1. The first kappa shape index (κ1) is 56.7. The van der Waals surface area contributed by atoms with E-state index in [0.717, 1.165) is 44.9 Å². The summed E-state index contributed by atoms with van der Waals surface area (Å²) in [4.78, 5) is 46.2. The molecular weight excluding hydrogens is 797 g/mol. The van der Waals surface area contributed by atoms with Crippen LogP contribution in [0.25, 0.3) is 0 Å². The second-order valence-electron chi connectivity index (χ2n) is 16.6. The van der Waals surface area contributed by atoms with Crippen molar-refractivity contribution < 1.29 is 52.2 Å². The maximum Gasteiger partial charge on any atom is 0.472 e. The van der Waals surface area contributed by atoms with Gasteiger partial charge < -0.3 is 29.9 Å². The van der Waals surface area contributed by atoms with E-state index >= 15 is 0 Å². The number of allylic oxidation sites excluding steroid dienone is 5. The lowest BCUT2D eigenvalue weighted by Gasteiger charge is -2.20. The molecule has 3 unspecified atom stereocenters. The van der Waals surface area contributed by atoms with Crippen molar-refractivity contribution >= 4 is 25.7 Å². The largest absolute Gasteiger partial charge is 0.480 e. The van der Waals surface area contributed by atoms with Gasteiger partial charge in [0.05, 0.1) is 25.4 Å². The van der Waals surface area contributed by atoms with Crippen molar-refractivity contribution in [2.75, 3.05) is 19.8 Å². The molecule has 4 N–H and O–H groups in total. The summed E-state index contributed by atoms with van der Waals surface area (Å²) in [6, 6.07) is -1.53. The second-order valence-corrected chi connectivity index (χ2v) is 18.1. The fraction of sp³-hybridized carbons (Fsp3) is 0.812. The van der Waals surface area contributed by atoms with Crippen LogP contribution in [0.2, 0.25) is 0 Å². The van der Waals surface area contributed by atoms with E-state index in [2.05, 4.69) is 54.8 Å². The summed E-state index contributed by atoms with van der Waals surface area (Å²) in [5.74, 6) is -2.45. The molecule has 1 heterocycles. The Labute approximate surface area is 369 Å². The van der Waals surface area contributed by atoms with E-state index in [1.165, 1.54) is 116 Å². The Morgan fingerprint density at radius 2 is 1.08 bits per heavy atom. The summed E-state index contributed by atoms with van der Waals surface area (Å²) in [6.07, 6.45) is 45.1. The molecule has 12 nitrogen and oxygen atoms in total. The minimum absolute atomic E-state index is 0.0737. The number of epoxide rings is 1. The number of hydrogen-bond donors (Lipinski definition) is 3. The van der Waals surface area contributed by atoms with Crippen LogP contribution in [-0.2, 0) is 42.2 Å². The number of phosphoric acid groups is 1. The number of phosphoric ester groups is 1. The van der Waals surface area contributed by atoms with E-state index in [1.807, 2.05) is 0 Å². The van der Waals surface area contributed by atoms with Gasteiger partial charge in [-0.15, -0.1) is 0 Å². The predicted octanol–water partition coefficient (Wildman–Crippen LogP) is 12.2. The predicted molar refractivity (Wildman–Crippen MR) is 244 cm³/mol. The van der Waals surface area contributed by atoms with Crippen molar-refractivity contribution in [1.82, 2.24) is 0 Å². The molecule has 0 radical (unpaired) electrons. The number of carbonyl (C=O) groups is 3. The quantitative estimate of drug-likeness (QED) is 0.0173. The first-order chi connectivity index (χ1) is 29.6. The van der Waals surface area contributed by atoms with Crippen LogP contribution in [0.4, 0.5) is 0 Å². The molecule has 1 aliphatic heterocycles. The Kier molecular flexibility index (Phi) is 36.5. The lowest BCUT2D eigenvalue weighted by Crippen LogP contribution is -2.34. The topological polar surface area (TPSA) is 184 Å². The summed E-state index contributed by atoms with van der Waals surface area (Å²) in [7, 11) is -4.74. The zero-order valence-corrected chi connectivity index (χ0v) is 39.1. The van der Waals surface area contributed by atoms with Gasteiger partial charge in [0.15, 0.2) is 6.10 Å². The number of esters is 2. The van der Waals surface area contributed by atoms with Crippen molar-refractivity contribution in [2.24, 2.45) is 5.73 Å². The number of carbonyl (C=O) groups excluding carboxylic acids is 2. The monoisotopic (exact) mass is 884 g/mol. The highest BCUT2D eigenvalue weighted by atomic mass is 31.2. The standard InChI is InChI=1S/C48H86NO11P/c1-3-5-7-9-11-13-15-17-18-19-20-21-22-23-25-27-29-31-33-37-46(50)56-39-42(40-57-61(54,55)58-41-43(49)48(52)53)59-47(51)38-34-36-45-44(60-45)35-32-30-28-26-24-16-14-12-10-8-6-4-2/h12,14,24,26,30,32,42-45H,3-11,13,15-23,25,27-29,31,33-41,49H2,1-2H3,(H,52,53)(H,54,55)/b14-12-,26-24-,32-30-/t42-,43+,44?,45?/m1/s1. The van der Waals surface area contributed by atoms with Crippen LogP contribution in [0, 0.1) is 0 Å². The number of carboxylic acids is 1. The van der Waals surface area contributed by atoms with Crippen molar-refractivity contribution in [3.63, 3.8) is 0 Å². The first-order valence-corrected chi connectivity index (χ1v) is 25.6. The van der Waals surface area contributed by atoms with Crippen LogP contribution in [0.5, 0.6) is 0 Å². The Bertz CT molecular complexity index is 1240. The van der Waals surface area contributed by atoms with Gasteiger partial charge in [-0.05, 0) is 51.4 Å². The van der Waals surface area contributed by atoms with E-state index in [0.29, 0.717) is 19.3 Å². The zero-order valence-electron chi connectivity index (χ0n) is 38.2. The lowest BCUT2D eigenvalue weighted by atomic mass is 10.0. The van der Waals surface area contributed by atoms with Gasteiger partial charge in [0.1, 0.15) is 12.6 Å². The van der Waals surface area contributed by atoms with Crippen LogP contribution < -0.4 is 5.73 Å². The average Bonchev–Trinajstić information content (AvgIpc) is 3.99. The minimum Gasteiger partial charge on any atom is -0.480 e. The van der Waals surface area contributed by atoms with E-state index in [9.17, 15) is 23.8 Å². The normalized spacial score (nSPS) is 17.2. The molecule has 0 saturated carbocycles. The fourth-order valence-corrected chi connectivity index (χ4v) is 7.70. The summed E-state index contributed by atoms with van der Waals surface area (Å²) >= 11 is 0. The molecular formula is C48H86NO11P. The number of carboxylic acid groups (broad SMARTS) is 1. The smallest absolute Gasteiger partial charge is 0.472 e. The molecule has 0 aromatic heterocycles. The van der Waals surface area contributed by atoms with Gasteiger partial charge in [-0.1, -0.05) is 179 Å². The number of nitrogens with two attached hydrogens (primary N) is 1. The molecule has 0 bridgehead atoms. The Morgan fingerprint density at radius 3 is 1.64 bits per heavy atom. The molecule has 1 rings (SSSR count). The van der Waals surface area contributed by atoms with Gasteiger partial charge >= 0.3 is 25.7 Å². The van der Waals surface area contributed by atoms with E-state index in [-0.39, 0.29) is 31.7 Å². The molecule has 354 valence electrons. The molecule has 0 aromatic rings. The number of rotatable bonds is 44. The Hall–Kier alpha value is -2.34. The van der Waals surface area contributed by atoms with E-state index in [4.69, 9.17) is 29.6 Å². The van der Waals surface area contributed by atoms with Gasteiger partial charge in [-0.2, -0.15) is 0 Å². The van der Waals surface area contributed by atoms with E-state index < -0.39 is 51.1 Å². The molecule has 0 spiro atoms. The third-order valence-electron chi connectivity index (χ3n) is 10.8. The Balaban J connectivity index is 2.28. The fourth-order valence-electron chi connectivity index (χ4n) is 6.92. The van der Waals surface area contributed by atoms with Crippen LogP contribution in [0.1, 0.15) is 206 Å². The SMILES string of the molecule is CCCCC/C=C\C/C=C\C/C=C\CC1OC1CCCC(=O)O[C@H](COC(=O)CCCCCCCCCCCCCCCCCCCCC)COP(=O)(O)OC[C@H](N)C(=O)O.